The van der Waals surface area contributed by atoms with Crippen molar-refractivity contribution in [2.24, 2.45) is 0 Å². The van der Waals surface area contributed by atoms with Crippen LogP contribution in [0.15, 0.2) is 65.1 Å². The van der Waals surface area contributed by atoms with Gasteiger partial charge < -0.3 is 9.73 Å². The summed E-state index contributed by atoms with van der Waals surface area (Å²) in [6, 6.07) is 16.8. The number of hydrogen-bond donors (Lipinski definition) is 1. The molecule has 0 spiro atoms. The Kier molecular flexibility index (Phi) is 3.74. The highest BCUT2D eigenvalue weighted by molar-refractivity contribution is 6.02. The Bertz CT molecular complexity index is 806. The Hall–Kier alpha value is -2.88. The van der Waals surface area contributed by atoms with Crippen molar-refractivity contribution in [3.8, 4) is 11.3 Å². The van der Waals surface area contributed by atoms with Crippen LogP contribution in [0.4, 0.5) is 10.1 Å². The standard InChI is InChI=1S/C18H14FNO2/c1-12-6-8-13(9-7-12)20-18(21)17-11-10-16(22-17)14-4-2-3-5-15(14)19/h2-11H,1H3,(H,20,21). The Morgan fingerprint density at radius 2 is 1.73 bits per heavy atom. The van der Waals surface area contributed by atoms with E-state index >= 15 is 0 Å². The third kappa shape index (κ3) is 2.91. The zero-order valence-electron chi connectivity index (χ0n) is 12.0. The third-order valence-electron chi connectivity index (χ3n) is 3.28. The fourth-order valence-corrected chi connectivity index (χ4v) is 2.10. The quantitative estimate of drug-likeness (QED) is 0.764. The van der Waals surface area contributed by atoms with Crippen LogP contribution in [0.5, 0.6) is 0 Å². The molecule has 1 amide bonds. The third-order valence-corrected chi connectivity index (χ3v) is 3.28. The van der Waals surface area contributed by atoms with Crippen LogP contribution in [-0.4, -0.2) is 5.91 Å². The minimum absolute atomic E-state index is 0.138. The van der Waals surface area contributed by atoms with Gasteiger partial charge in [-0.2, -0.15) is 0 Å². The Balaban J connectivity index is 1.80. The van der Waals surface area contributed by atoms with Gasteiger partial charge in [0, 0.05) is 5.69 Å². The molecule has 0 atom stereocenters. The first-order chi connectivity index (χ1) is 10.6. The van der Waals surface area contributed by atoms with Crippen molar-refractivity contribution in [2.45, 2.75) is 6.92 Å². The van der Waals surface area contributed by atoms with Crippen molar-refractivity contribution < 1.29 is 13.6 Å². The molecule has 0 saturated heterocycles. The molecule has 0 unspecified atom stereocenters. The lowest BCUT2D eigenvalue weighted by molar-refractivity contribution is 0.0997. The molecule has 0 fully saturated rings. The molecule has 3 aromatic rings. The minimum Gasteiger partial charge on any atom is -0.451 e. The largest absolute Gasteiger partial charge is 0.451 e. The SMILES string of the molecule is Cc1ccc(NC(=O)c2ccc(-c3ccccc3F)o2)cc1. The van der Waals surface area contributed by atoms with E-state index < -0.39 is 0 Å². The number of halogens is 1. The molecule has 3 rings (SSSR count). The fraction of sp³-hybridized carbons (Fsp3) is 0.0556. The van der Waals surface area contributed by atoms with Gasteiger partial charge in [-0.3, -0.25) is 4.79 Å². The molecule has 1 aromatic heterocycles. The van der Waals surface area contributed by atoms with Crippen LogP contribution in [0.3, 0.4) is 0 Å². The molecule has 0 aliphatic carbocycles. The van der Waals surface area contributed by atoms with E-state index in [0.717, 1.165) is 5.56 Å². The number of furan rings is 1. The van der Waals surface area contributed by atoms with Crippen LogP contribution in [0.2, 0.25) is 0 Å². The maximum absolute atomic E-state index is 13.7. The van der Waals surface area contributed by atoms with Gasteiger partial charge in [-0.15, -0.1) is 0 Å². The Morgan fingerprint density at radius 3 is 2.45 bits per heavy atom. The smallest absolute Gasteiger partial charge is 0.291 e. The normalized spacial score (nSPS) is 10.5. The average Bonchev–Trinajstić information content (AvgIpc) is 3.00. The first-order valence-corrected chi connectivity index (χ1v) is 6.86. The first kappa shape index (κ1) is 14.1. The lowest BCUT2D eigenvalue weighted by Crippen LogP contribution is -2.10. The fourth-order valence-electron chi connectivity index (χ4n) is 2.10. The molecule has 1 heterocycles. The van der Waals surface area contributed by atoms with Gasteiger partial charge in [0.05, 0.1) is 5.56 Å². The molecule has 3 nitrogen and oxygen atoms in total. The Morgan fingerprint density at radius 1 is 1.00 bits per heavy atom. The summed E-state index contributed by atoms with van der Waals surface area (Å²) in [4.78, 5) is 12.1. The predicted molar refractivity (Wildman–Crippen MR) is 83.2 cm³/mol. The lowest BCUT2D eigenvalue weighted by atomic mass is 10.1. The maximum atomic E-state index is 13.7. The molecule has 4 heteroatoms. The second kappa shape index (κ2) is 5.85. The zero-order valence-corrected chi connectivity index (χ0v) is 12.0. The van der Waals surface area contributed by atoms with Gasteiger partial charge in [0.15, 0.2) is 5.76 Å². The number of amides is 1. The molecule has 2 aromatic carbocycles. The van der Waals surface area contributed by atoms with Gasteiger partial charge in [-0.1, -0.05) is 29.8 Å². The summed E-state index contributed by atoms with van der Waals surface area (Å²) in [7, 11) is 0. The maximum Gasteiger partial charge on any atom is 0.291 e. The molecule has 0 bridgehead atoms. The summed E-state index contributed by atoms with van der Waals surface area (Å²) in [6.45, 7) is 1.97. The average molecular weight is 295 g/mol. The van der Waals surface area contributed by atoms with Crippen LogP contribution in [-0.2, 0) is 0 Å². The molecule has 0 saturated carbocycles. The highest BCUT2D eigenvalue weighted by Crippen LogP contribution is 2.25. The van der Waals surface area contributed by atoms with E-state index in [1.54, 1.807) is 24.3 Å². The number of carbonyl (C=O) groups excluding carboxylic acids is 1. The number of rotatable bonds is 3. The second-order valence-corrected chi connectivity index (χ2v) is 4.96. The first-order valence-electron chi connectivity index (χ1n) is 6.86. The molecule has 0 radical (unpaired) electrons. The van der Waals surface area contributed by atoms with E-state index in [-0.39, 0.29) is 17.5 Å². The van der Waals surface area contributed by atoms with E-state index in [0.29, 0.717) is 17.0 Å². The predicted octanol–water partition coefficient (Wildman–Crippen LogP) is 4.65. The van der Waals surface area contributed by atoms with E-state index in [1.807, 2.05) is 31.2 Å². The van der Waals surface area contributed by atoms with Gasteiger partial charge in [0.2, 0.25) is 0 Å². The van der Waals surface area contributed by atoms with Gasteiger partial charge in [-0.05, 0) is 43.3 Å². The second-order valence-electron chi connectivity index (χ2n) is 4.96. The molecule has 22 heavy (non-hydrogen) atoms. The summed E-state index contributed by atoms with van der Waals surface area (Å²) in [6.07, 6.45) is 0. The minimum atomic E-state index is -0.387. The van der Waals surface area contributed by atoms with Crippen molar-refractivity contribution in [2.75, 3.05) is 5.32 Å². The summed E-state index contributed by atoms with van der Waals surface area (Å²) >= 11 is 0. The van der Waals surface area contributed by atoms with Crippen molar-refractivity contribution in [3.05, 3.63) is 77.8 Å². The number of benzene rings is 2. The van der Waals surface area contributed by atoms with Crippen LogP contribution in [0.1, 0.15) is 16.1 Å². The van der Waals surface area contributed by atoms with Crippen LogP contribution in [0, 0.1) is 12.7 Å². The molecule has 1 N–H and O–H groups in total. The van der Waals surface area contributed by atoms with Crippen molar-refractivity contribution in [3.63, 3.8) is 0 Å². The monoisotopic (exact) mass is 295 g/mol. The summed E-state index contributed by atoms with van der Waals surface area (Å²) < 4.78 is 19.2. The number of aryl methyl sites for hydroxylation is 1. The summed E-state index contributed by atoms with van der Waals surface area (Å²) in [5.41, 5.74) is 2.12. The molecular weight excluding hydrogens is 281 g/mol. The van der Waals surface area contributed by atoms with Gasteiger partial charge in [0.25, 0.3) is 5.91 Å². The lowest BCUT2D eigenvalue weighted by Gasteiger charge is -2.03. The molecule has 0 aliphatic rings. The highest BCUT2D eigenvalue weighted by atomic mass is 19.1. The topological polar surface area (TPSA) is 42.2 Å². The molecule has 0 aliphatic heterocycles. The molecular formula is C18H14FNO2. The van der Waals surface area contributed by atoms with Crippen molar-refractivity contribution in [1.29, 1.82) is 0 Å². The highest BCUT2D eigenvalue weighted by Gasteiger charge is 2.14. The number of hydrogen-bond acceptors (Lipinski definition) is 2. The summed E-state index contributed by atoms with van der Waals surface area (Å²) in [5, 5.41) is 2.74. The number of carbonyl (C=O) groups is 1. The van der Waals surface area contributed by atoms with E-state index in [9.17, 15) is 9.18 Å². The molecule has 110 valence electrons. The van der Waals surface area contributed by atoms with Gasteiger partial charge in [0.1, 0.15) is 11.6 Å². The van der Waals surface area contributed by atoms with Crippen molar-refractivity contribution in [1.82, 2.24) is 0 Å². The van der Waals surface area contributed by atoms with Crippen LogP contribution in [0.25, 0.3) is 11.3 Å². The van der Waals surface area contributed by atoms with Crippen LogP contribution >= 0.6 is 0 Å². The zero-order chi connectivity index (χ0) is 15.5. The van der Waals surface area contributed by atoms with Gasteiger partial charge >= 0.3 is 0 Å². The Labute approximate surface area is 127 Å². The van der Waals surface area contributed by atoms with Crippen molar-refractivity contribution >= 4 is 11.6 Å². The number of nitrogens with one attached hydrogen (secondary N) is 1. The van der Waals surface area contributed by atoms with E-state index in [4.69, 9.17) is 4.42 Å². The van der Waals surface area contributed by atoms with Crippen LogP contribution < -0.4 is 5.32 Å². The summed E-state index contributed by atoms with van der Waals surface area (Å²) in [5.74, 6) is -0.292. The van der Waals surface area contributed by atoms with E-state index in [1.165, 1.54) is 12.1 Å². The number of anilines is 1. The van der Waals surface area contributed by atoms with Gasteiger partial charge in [-0.25, -0.2) is 4.39 Å². The van der Waals surface area contributed by atoms with E-state index in [2.05, 4.69) is 5.32 Å².